The number of nitrogens with one attached hydrogen (secondary N) is 2. The van der Waals surface area contributed by atoms with Crippen LogP contribution in [0.25, 0.3) is 0 Å². The van der Waals surface area contributed by atoms with Gasteiger partial charge in [0.25, 0.3) is 5.91 Å². The van der Waals surface area contributed by atoms with Gasteiger partial charge in [-0.2, -0.15) is 5.26 Å². The van der Waals surface area contributed by atoms with Gasteiger partial charge in [0.15, 0.2) is 0 Å². The molecule has 0 bridgehead atoms. The molecule has 0 aliphatic heterocycles. The molecule has 0 aliphatic carbocycles. The summed E-state index contributed by atoms with van der Waals surface area (Å²) >= 11 is 0. The lowest BCUT2D eigenvalue weighted by atomic mass is 10.1. The van der Waals surface area contributed by atoms with E-state index in [1.807, 2.05) is 18.2 Å². The molecule has 0 heterocycles. The summed E-state index contributed by atoms with van der Waals surface area (Å²) in [7, 11) is 2.45. The number of methoxy groups -OCH3 is 2. The largest absolute Gasteiger partial charge is 0.465 e. The van der Waals surface area contributed by atoms with Crippen molar-refractivity contribution < 1.29 is 23.9 Å². The highest BCUT2D eigenvalue weighted by atomic mass is 16.5. The van der Waals surface area contributed by atoms with E-state index in [9.17, 15) is 19.6 Å². The van der Waals surface area contributed by atoms with Crippen molar-refractivity contribution in [2.45, 2.75) is 26.2 Å². The molecule has 2 aromatic rings. The molecule has 2 N–H and O–H groups in total. The number of benzene rings is 2. The van der Waals surface area contributed by atoms with Crippen molar-refractivity contribution in [1.82, 2.24) is 0 Å². The van der Waals surface area contributed by atoms with E-state index in [1.165, 1.54) is 38.0 Å². The van der Waals surface area contributed by atoms with Crippen LogP contribution in [0, 0.1) is 11.3 Å². The third-order valence-electron chi connectivity index (χ3n) is 4.61. The number of hydrogen-bond acceptors (Lipinski definition) is 7. The molecule has 166 valence electrons. The van der Waals surface area contributed by atoms with Crippen molar-refractivity contribution in [3.05, 3.63) is 70.9 Å². The van der Waals surface area contributed by atoms with Gasteiger partial charge in [-0.05, 0) is 48.7 Å². The van der Waals surface area contributed by atoms with Gasteiger partial charge < -0.3 is 20.1 Å². The third-order valence-corrected chi connectivity index (χ3v) is 4.61. The molecule has 0 atom stereocenters. The lowest BCUT2D eigenvalue weighted by molar-refractivity contribution is -0.112. The summed E-state index contributed by atoms with van der Waals surface area (Å²) < 4.78 is 9.42. The quantitative estimate of drug-likeness (QED) is 0.346. The first-order valence-corrected chi connectivity index (χ1v) is 10.0. The smallest absolute Gasteiger partial charge is 0.339 e. The van der Waals surface area contributed by atoms with E-state index in [2.05, 4.69) is 22.3 Å². The minimum atomic E-state index is -0.650. The number of amides is 1. The number of nitriles is 1. The maximum atomic E-state index is 12.5. The van der Waals surface area contributed by atoms with E-state index in [1.54, 1.807) is 12.1 Å². The molecule has 0 spiro atoms. The molecule has 0 saturated heterocycles. The molecule has 1 amide bonds. The van der Waals surface area contributed by atoms with Crippen molar-refractivity contribution in [2.24, 2.45) is 0 Å². The first kappa shape index (κ1) is 24.2. The Balaban J connectivity index is 2.20. The molecule has 0 fully saturated rings. The summed E-state index contributed by atoms with van der Waals surface area (Å²) in [5.74, 6) is -1.87. The van der Waals surface area contributed by atoms with Gasteiger partial charge in [0.05, 0.1) is 31.0 Å². The summed E-state index contributed by atoms with van der Waals surface area (Å²) in [6.07, 6.45) is 4.31. The Morgan fingerprint density at radius 2 is 1.72 bits per heavy atom. The van der Waals surface area contributed by atoms with Crippen LogP contribution in [0.15, 0.2) is 54.2 Å². The number of rotatable bonds is 9. The normalized spacial score (nSPS) is 10.6. The SMILES string of the molecule is CCCCc1ccc(NC(=O)/C(C#N)=C\Nc2cc(C(=O)OC)ccc2C(=O)OC)cc1. The second-order valence-corrected chi connectivity index (χ2v) is 6.81. The maximum absolute atomic E-state index is 12.5. The van der Waals surface area contributed by atoms with Gasteiger partial charge in [0.2, 0.25) is 0 Å². The highest BCUT2D eigenvalue weighted by Gasteiger charge is 2.16. The number of unbranched alkanes of at least 4 members (excludes halogenated alkanes) is 1. The topological polar surface area (TPSA) is 118 Å². The average Bonchev–Trinajstić information content (AvgIpc) is 2.82. The maximum Gasteiger partial charge on any atom is 0.339 e. The van der Waals surface area contributed by atoms with Crippen molar-refractivity contribution >= 4 is 29.2 Å². The first-order chi connectivity index (χ1) is 15.4. The van der Waals surface area contributed by atoms with Crippen LogP contribution in [0.3, 0.4) is 0 Å². The Bertz CT molecular complexity index is 1050. The second kappa shape index (κ2) is 11.9. The molecule has 0 unspecified atom stereocenters. The standard InChI is InChI=1S/C24H25N3O5/c1-4-5-6-16-7-10-19(11-8-16)27-22(28)18(14-25)15-26-21-13-17(23(29)31-2)9-12-20(21)24(30)32-3/h7-13,15,26H,4-6H2,1-3H3,(H,27,28)/b18-15-. The van der Waals surface area contributed by atoms with Gasteiger partial charge in [-0.25, -0.2) is 9.59 Å². The van der Waals surface area contributed by atoms with Gasteiger partial charge in [0, 0.05) is 11.9 Å². The Labute approximate surface area is 186 Å². The molecule has 8 heteroatoms. The molecule has 0 saturated carbocycles. The minimum absolute atomic E-state index is 0.122. The number of anilines is 2. The lowest BCUT2D eigenvalue weighted by Crippen LogP contribution is -2.15. The first-order valence-electron chi connectivity index (χ1n) is 10.0. The van der Waals surface area contributed by atoms with Crippen LogP contribution in [-0.2, 0) is 20.7 Å². The van der Waals surface area contributed by atoms with Crippen molar-refractivity contribution in [1.29, 1.82) is 5.26 Å². The summed E-state index contributed by atoms with van der Waals surface area (Å²) in [5, 5.41) is 14.8. The van der Waals surface area contributed by atoms with E-state index in [0.29, 0.717) is 5.69 Å². The van der Waals surface area contributed by atoms with Crippen LogP contribution in [0.1, 0.15) is 46.0 Å². The molecule has 2 aromatic carbocycles. The second-order valence-electron chi connectivity index (χ2n) is 6.81. The van der Waals surface area contributed by atoms with Crippen molar-refractivity contribution in [3.8, 4) is 6.07 Å². The van der Waals surface area contributed by atoms with Gasteiger partial charge in [-0.3, -0.25) is 4.79 Å². The molecule has 32 heavy (non-hydrogen) atoms. The van der Waals surface area contributed by atoms with Crippen LogP contribution in [0.5, 0.6) is 0 Å². The summed E-state index contributed by atoms with van der Waals surface area (Å²) in [6.45, 7) is 2.12. The van der Waals surface area contributed by atoms with Crippen molar-refractivity contribution in [3.63, 3.8) is 0 Å². The fourth-order valence-electron chi connectivity index (χ4n) is 2.83. The summed E-state index contributed by atoms with van der Waals surface area (Å²) in [5.41, 5.74) is 1.99. The summed E-state index contributed by atoms with van der Waals surface area (Å²) in [6, 6.07) is 13.4. The van der Waals surface area contributed by atoms with Crippen LogP contribution < -0.4 is 10.6 Å². The van der Waals surface area contributed by atoms with Crippen LogP contribution in [-0.4, -0.2) is 32.1 Å². The minimum Gasteiger partial charge on any atom is -0.465 e. The number of carbonyl (C=O) groups excluding carboxylic acids is 3. The number of nitrogens with zero attached hydrogens (tertiary/aromatic N) is 1. The zero-order valence-corrected chi connectivity index (χ0v) is 18.2. The average molecular weight is 435 g/mol. The Morgan fingerprint density at radius 3 is 2.31 bits per heavy atom. The van der Waals surface area contributed by atoms with Gasteiger partial charge >= 0.3 is 11.9 Å². The predicted octanol–water partition coefficient (Wildman–Crippen LogP) is 4.06. The summed E-state index contributed by atoms with van der Waals surface area (Å²) in [4.78, 5) is 36.3. The Kier molecular flexibility index (Phi) is 8.99. The highest BCUT2D eigenvalue weighted by Crippen LogP contribution is 2.20. The van der Waals surface area contributed by atoms with E-state index < -0.39 is 17.8 Å². The predicted molar refractivity (Wildman–Crippen MR) is 120 cm³/mol. The van der Waals surface area contributed by atoms with Crippen LogP contribution >= 0.6 is 0 Å². The van der Waals surface area contributed by atoms with Crippen LogP contribution in [0.4, 0.5) is 11.4 Å². The molecular formula is C24H25N3O5. The van der Waals surface area contributed by atoms with Gasteiger partial charge in [-0.15, -0.1) is 0 Å². The number of ether oxygens (including phenoxy) is 2. The van der Waals surface area contributed by atoms with Crippen molar-refractivity contribution in [2.75, 3.05) is 24.9 Å². The van der Waals surface area contributed by atoms with E-state index in [0.717, 1.165) is 25.5 Å². The number of aryl methyl sites for hydroxylation is 1. The molecule has 0 aliphatic rings. The fourth-order valence-corrected chi connectivity index (χ4v) is 2.83. The van der Waals surface area contributed by atoms with Gasteiger partial charge in [-0.1, -0.05) is 25.5 Å². The molecule has 2 rings (SSSR count). The monoisotopic (exact) mass is 435 g/mol. The van der Waals surface area contributed by atoms with E-state index in [-0.39, 0.29) is 22.4 Å². The highest BCUT2D eigenvalue weighted by molar-refractivity contribution is 6.07. The number of hydrogen-bond donors (Lipinski definition) is 2. The Hall–Kier alpha value is -4.12. The van der Waals surface area contributed by atoms with Gasteiger partial charge in [0.1, 0.15) is 11.6 Å². The van der Waals surface area contributed by atoms with Crippen LogP contribution in [0.2, 0.25) is 0 Å². The van der Waals surface area contributed by atoms with E-state index in [4.69, 9.17) is 4.74 Å². The fraction of sp³-hybridized carbons (Fsp3) is 0.250. The lowest BCUT2D eigenvalue weighted by Gasteiger charge is -2.10. The zero-order valence-electron chi connectivity index (χ0n) is 18.2. The molecular weight excluding hydrogens is 410 g/mol. The Morgan fingerprint density at radius 1 is 1.03 bits per heavy atom. The zero-order chi connectivity index (χ0) is 23.5. The molecule has 0 aromatic heterocycles. The van der Waals surface area contributed by atoms with E-state index >= 15 is 0 Å². The number of esters is 2. The third kappa shape index (κ3) is 6.44. The number of carbonyl (C=O) groups is 3. The molecule has 8 nitrogen and oxygen atoms in total. The molecule has 0 radical (unpaired) electrons.